The highest BCUT2D eigenvalue weighted by Gasteiger charge is 2.40. The van der Waals surface area contributed by atoms with Gasteiger partial charge >= 0.3 is 12.1 Å². The van der Waals surface area contributed by atoms with E-state index in [-0.39, 0.29) is 17.6 Å². The number of carbonyl (C=O) groups is 2. The van der Waals surface area contributed by atoms with Crippen molar-refractivity contribution in [3.63, 3.8) is 0 Å². The molecule has 29 heavy (non-hydrogen) atoms. The molecule has 1 aromatic heterocycles. The van der Waals surface area contributed by atoms with E-state index in [1.54, 1.807) is 18.2 Å². The highest BCUT2D eigenvalue weighted by atomic mass is 32.2. The van der Waals surface area contributed by atoms with Crippen molar-refractivity contribution in [2.45, 2.75) is 52.7 Å². The number of carbonyl (C=O) groups excluding carboxylic acids is 2. The number of benzene rings is 1. The molecule has 5 nitrogen and oxygen atoms in total. The lowest BCUT2D eigenvalue weighted by Gasteiger charge is -2.20. The molecule has 2 fully saturated rings. The number of anilines is 1. The summed E-state index contributed by atoms with van der Waals surface area (Å²) in [4.78, 5) is 24.9. The number of fused-ring (bicyclic) bond motifs is 2. The minimum Gasteiger partial charge on any atom is -0.347 e. The van der Waals surface area contributed by atoms with Gasteiger partial charge in [-0.15, -0.1) is 11.3 Å². The Morgan fingerprint density at radius 3 is 2.69 bits per heavy atom. The number of hydrogen-bond acceptors (Lipinski definition) is 5. The zero-order valence-electron chi connectivity index (χ0n) is 15.1. The average Bonchev–Trinajstić information content (AvgIpc) is 3.38. The molecule has 1 aromatic carbocycles. The summed E-state index contributed by atoms with van der Waals surface area (Å²) >= 11 is 2.65. The first kappa shape index (κ1) is 20.2. The third kappa shape index (κ3) is 4.76. The molecule has 2 saturated heterocycles. The smallest absolute Gasteiger partial charge is 0.347 e. The Morgan fingerprint density at radius 2 is 2.00 bits per heavy atom. The van der Waals surface area contributed by atoms with Gasteiger partial charge in [0.05, 0.1) is 9.09 Å². The van der Waals surface area contributed by atoms with Crippen molar-refractivity contribution in [3.05, 3.63) is 41.3 Å². The Kier molecular flexibility index (Phi) is 5.58. The van der Waals surface area contributed by atoms with Crippen LogP contribution in [0.25, 0.3) is 0 Å². The van der Waals surface area contributed by atoms with Crippen LogP contribution >= 0.6 is 23.1 Å². The maximum absolute atomic E-state index is 12.5. The van der Waals surface area contributed by atoms with Gasteiger partial charge in [-0.25, -0.2) is 0 Å². The van der Waals surface area contributed by atoms with Crippen LogP contribution in [0.5, 0.6) is 0 Å². The molecule has 3 heterocycles. The molecule has 2 aromatic rings. The monoisotopic (exact) mass is 441 g/mol. The average molecular weight is 442 g/mol. The van der Waals surface area contributed by atoms with E-state index in [9.17, 15) is 22.8 Å². The first-order valence-corrected chi connectivity index (χ1v) is 10.7. The molecule has 3 unspecified atom stereocenters. The Hall–Kier alpha value is -2.04. The van der Waals surface area contributed by atoms with Gasteiger partial charge in [0.25, 0.3) is 5.91 Å². The van der Waals surface area contributed by atoms with Crippen molar-refractivity contribution >= 4 is 40.6 Å². The van der Waals surface area contributed by atoms with Gasteiger partial charge in [0.1, 0.15) is 0 Å². The highest BCUT2D eigenvalue weighted by Crippen LogP contribution is 2.35. The maximum atomic E-state index is 12.5. The molecule has 0 spiro atoms. The molecule has 3 N–H and O–H groups in total. The van der Waals surface area contributed by atoms with Crippen LogP contribution in [0.1, 0.15) is 28.9 Å². The number of halogens is 3. The van der Waals surface area contributed by atoms with Crippen LogP contribution in [0.3, 0.4) is 0 Å². The Morgan fingerprint density at radius 1 is 1.17 bits per heavy atom. The van der Waals surface area contributed by atoms with E-state index in [0.717, 1.165) is 17.1 Å². The Balaban J connectivity index is 1.37. The van der Waals surface area contributed by atoms with Gasteiger partial charge in [-0.2, -0.15) is 13.2 Å². The van der Waals surface area contributed by atoms with Crippen LogP contribution in [0, 0.1) is 0 Å². The molecular weight excluding hydrogens is 423 g/mol. The lowest BCUT2D eigenvalue weighted by atomic mass is 9.95. The summed E-state index contributed by atoms with van der Waals surface area (Å²) in [7, 11) is 0. The van der Waals surface area contributed by atoms with Crippen LogP contribution in [0.15, 0.2) is 45.5 Å². The minimum atomic E-state index is -4.94. The first-order chi connectivity index (χ1) is 13.8. The van der Waals surface area contributed by atoms with Crippen LogP contribution < -0.4 is 16.0 Å². The fraction of sp³-hybridized carbons (Fsp3) is 0.368. The number of alkyl halides is 3. The van der Waals surface area contributed by atoms with Gasteiger partial charge in [-0.1, -0.05) is 17.8 Å². The topological polar surface area (TPSA) is 70.2 Å². The van der Waals surface area contributed by atoms with Gasteiger partial charge < -0.3 is 16.0 Å². The summed E-state index contributed by atoms with van der Waals surface area (Å²) in [6, 6.07) is 10.7. The number of nitrogens with one attached hydrogen (secondary N) is 3. The fourth-order valence-corrected chi connectivity index (χ4v) is 5.74. The van der Waals surface area contributed by atoms with Crippen molar-refractivity contribution in [3.8, 4) is 0 Å². The first-order valence-electron chi connectivity index (χ1n) is 9.11. The Bertz CT molecular complexity index is 931. The summed E-state index contributed by atoms with van der Waals surface area (Å²) in [6.45, 7) is 0. The molecule has 4 rings (SSSR count). The maximum Gasteiger partial charge on any atom is 0.471 e. The predicted molar refractivity (Wildman–Crippen MR) is 105 cm³/mol. The van der Waals surface area contributed by atoms with E-state index >= 15 is 0 Å². The lowest BCUT2D eigenvalue weighted by molar-refractivity contribution is -0.167. The number of rotatable bonds is 5. The van der Waals surface area contributed by atoms with Gasteiger partial charge in [-0.3, -0.25) is 9.59 Å². The minimum absolute atomic E-state index is 0.0654. The number of amides is 2. The molecule has 2 bridgehead atoms. The Labute approximate surface area is 173 Å². The summed E-state index contributed by atoms with van der Waals surface area (Å²) in [5, 5.41) is 8.42. The number of thiophene rings is 1. The van der Waals surface area contributed by atoms with Crippen LogP contribution in [-0.2, 0) is 4.79 Å². The second-order valence-electron chi connectivity index (χ2n) is 7.06. The molecule has 10 heteroatoms. The van der Waals surface area contributed by atoms with Crippen molar-refractivity contribution in [1.29, 1.82) is 0 Å². The fourth-order valence-electron chi connectivity index (χ4n) is 3.68. The largest absolute Gasteiger partial charge is 0.471 e. The summed E-state index contributed by atoms with van der Waals surface area (Å²) < 4.78 is 38.0. The molecule has 2 amide bonds. The van der Waals surface area contributed by atoms with E-state index in [4.69, 9.17) is 0 Å². The summed E-state index contributed by atoms with van der Waals surface area (Å²) in [6.07, 6.45) is -1.73. The van der Waals surface area contributed by atoms with E-state index in [0.29, 0.717) is 21.9 Å². The van der Waals surface area contributed by atoms with Gasteiger partial charge in [0.15, 0.2) is 0 Å². The van der Waals surface area contributed by atoms with E-state index < -0.39 is 12.1 Å². The highest BCUT2D eigenvalue weighted by molar-refractivity contribution is 8.01. The van der Waals surface area contributed by atoms with E-state index in [1.807, 2.05) is 11.4 Å². The second kappa shape index (κ2) is 8.00. The summed E-state index contributed by atoms with van der Waals surface area (Å²) in [5.74, 6) is -2.11. The molecule has 3 atom stereocenters. The van der Waals surface area contributed by atoms with Crippen molar-refractivity contribution in [1.82, 2.24) is 10.6 Å². The van der Waals surface area contributed by atoms with Crippen molar-refractivity contribution in [2.75, 3.05) is 5.32 Å². The molecule has 2 aliphatic heterocycles. The normalized spacial score (nSPS) is 23.2. The molecule has 2 aliphatic rings. The molecular formula is C19H18F3N3O2S2. The van der Waals surface area contributed by atoms with Crippen molar-refractivity contribution in [2.24, 2.45) is 0 Å². The molecule has 154 valence electrons. The van der Waals surface area contributed by atoms with Crippen LogP contribution in [-0.4, -0.2) is 36.1 Å². The van der Waals surface area contributed by atoms with Crippen LogP contribution in [0.4, 0.5) is 18.9 Å². The third-order valence-corrected chi connectivity index (χ3v) is 7.20. The zero-order valence-corrected chi connectivity index (χ0v) is 16.7. The number of hydrogen-bond donors (Lipinski definition) is 3. The van der Waals surface area contributed by atoms with Crippen molar-refractivity contribution < 1.29 is 22.8 Å². The summed E-state index contributed by atoms with van der Waals surface area (Å²) in [5.41, 5.74) is 0.0654. The SMILES string of the molecule is O=C(NC1CC2CCC1N2)c1ccc(Sc2cccc(NC(=O)C(F)(F)F)c2)s1. The van der Waals surface area contributed by atoms with Gasteiger partial charge in [0, 0.05) is 28.7 Å². The predicted octanol–water partition coefficient (Wildman–Crippen LogP) is 4.02. The van der Waals surface area contributed by atoms with Gasteiger partial charge in [0.2, 0.25) is 0 Å². The second-order valence-corrected chi connectivity index (χ2v) is 9.52. The van der Waals surface area contributed by atoms with Gasteiger partial charge in [-0.05, 0) is 49.6 Å². The molecule has 0 aliphatic carbocycles. The van der Waals surface area contributed by atoms with E-state index in [1.165, 1.54) is 41.7 Å². The zero-order chi connectivity index (χ0) is 20.6. The quantitative estimate of drug-likeness (QED) is 0.656. The lowest BCUT2D eigenvalue weighted by Crippen LogP contribution is -2.42. The van der Waals surface area contributed by atoms with E-state index in [2.05, 4.69) is 10.6 Å². The standard InChI is InChI=1S/C19H18F3N3O2S2/c20-19(21,22)18(27)24-10-2-1-3-12(8-10)28-16-7-6-15(29-16)17(26)25-14-9-11-4-5-13(14)23-11/h1-3,6-8,11,13-14,23H,4-5,9H2,(H,24,27)(H,25,26). The molecule has 0 radical (unpaired) electrons. The van der Waals surface area contributed by atoms with Crippen LogP contribution in [0.2, 0.25) is 0 Å². The molecule has 0 saturated carbocycles. The third-order valence-electron chi connectivity index (χ3n) is 4.99.